The number of aromatic amines is 1. The summed E-state index contributed by atoms with van der Waals surface area (Å²) >= 11 is 1.59. The summed E-state index contributed by atoms with van der Waals surface area (Å²) in [5.41, 5.74) is 4.90. The summed E-state index contributed by atoms with van der Waals surface area (Å²) in [6.07, 6.45) is 3.28. The van der Waals surface area contributed by atoms with E-state index in [1.807, 2.05) is 61.2 Å². The molecule has 8 heteroatoms. The van der Waals surface area contributed by atoms with Crippen LogP contribution in [0.15, 0.2) is 47.4 Å². The Balaban J connectivity index is 1.65. The van der Waals surface area contributed by atoms with Crippen LogP contribution in [0.5, 0.6) is 0 Å². The molecule has 2 aromatic carbocycles. The van der Waals surface area contributed by atoms with E-state index in [0.29, 0.717) is 24.0 Å². The van der Waals surface area contributed by atoms with E-state index in [0.717, 1.165) is 54.8 Å². The molecule has 7 nitrogen and oxygen atoms in total. The lowest BCUT2D eigenvalue weighted by Crippen LogP contribution is -2.22. The molecule has 1 N–H and O–H groups in total. The molecule has 0 radical (unpaired) electrons. The monoisotopic (exact) mass is 467 g/mol. The number of hydrogen-bond donors (Lipinski definition) is 1. The molecule has 6 rings (SSSR count). The molecule has 1 aliphatic heterocycles. The van der Waals surface area contributed by atoms with Gasteiger partial charge in [0.15, 0.2) is 0 Å². The van der Waals surface area contributed by atoms with Crippen molar-refractivity contribution in [1.29, 1.82) is 5.26 Å². The van der Waals surface area contributed by atoms with Gasteiger partial charge >= 0.3 is 0 Å². The van der Waals surface area contributed by atoms with Gasteiger partial charge in [0.25, 0.3) is 5.56 Å². The molecule has 0 saturated carbocycles. The van der Waals surface area contributed by atoms with Crippen LogP contribution in [0.25, 0.3) is 42.6 Å². The molecule has 0 amide bonds. The van der Waals surface area contributed by atoms with E-state index < -0.39 is 0 Å². The van der Waals surface area contributed by atoms with Crippen molar-refractivity contribution in [1.82, 2.24) is 20.0 Å². The first-order valence-corrected chi connectivity index (χ1v) is 12.0. The zero-order valence-corrected chi connectivity index (χ0v) is 19.6. The number of H-pyrrole nitrogens is 1. The normalized spacial score (nSPS) is 15.5. The minimum atomic E-state index is -0.202. The fourth-order valence-electron chi connectivity index (χ4n) is 4.78. The Morgan fingerprint density at radius 2 is 2.12 bits per heavy atom. The third-order valence-corrected chi connectivity index (χ3v) is 7.73. The Morgan fingerprint density at radius 3 is 2.85 bits per heavy atom. The van der Waals surface area contributed by atoms with Crippen LogP contribution >= 0.6 is 11.3 Å². The van der Waals surface area contributed by atoms with Crippen LogP contribution in [0.1, 0.15) is 36.3 Å². The van der Waals surface area contributed by atoms with Crippen molar-refractivity contribution in [2.45, 2.75) is 25.9 Å². The van der Waals surface area contributed by atoms with Crippen molar-refractivity contribution >= 4 is 32.2 Å². The average molecular weight is 468 g/mol. The smallest absolute Gasteiger partial charge is 0.272 e. The van der Waals surface area contributed by atoms with Crippen molar-refractivity contribution in [2.75, 3.05) is 6.61 Å². The molecular weight excluding hydrogens is 446 g/mol. The van der Waals surface area contributed by atoms with Gasteiger partial charge in [0.1, 0.15) is 6.07 Å². The Bertz CT molecular complexity index is 1680. The summed E-state index contributed by atoms with van der Waals surface area (Å²) < 4.78 is 8.69. The SMILES string of the molecule is CCc1n[nH]c(=O)c2c([C@@H]3CCO3)cc(-c3cnn(C)c3-c3sc4ccccc4c3C#N)cc12. The Hall–Kier alpha value is -3.80. The van der Waals surface area contributed by atoms with Crippen LogP contribution < -0.4 is 5.56 Å². The largest absolute Gasteiger partial charge is 0.373 e. The van der Waals surface area contributed by atoms with Crippen molar-refractivity contribution in [2.24, 2.45) is 7.05 Å². The number of nitrogens with zero attached hydrogens (tertiary/aromatic N) is 4. The molecule has 3 aromatic heterocycles. The van der Waals surface area contributed by atoms with E-state index in [4.69, 9.17) is 4.74 Å². The van der Waals surface area contributed by atoms with Crippen LogP contribution in [0.2, 0.25) is 0 Å². The van der Waals surface area contributed by atoms with Crippen LogP contribution in [0.3, 0.4) is 0 Å². The van der Waals surface area contributed by atoms with Crippen molar-refractivity contribution in [3.05, 3.63) is 69.8 Å². The van der Waals surface area contributed by atoms with Gasteiger partial charge in [-0.25, -0.2) is 5.10 Å². The van der Waals surface area contributed by atoms with Crippen LogP contribution in [0.4, 0.5) is 0 Å². The van der Waals surface area contributed by atoms with Crippen LogP contribution in [-0.2, 0) is 18.2 Å². The molecule has 1 aliphatic rings. The summed E-state index contributed by atoms with van der Waals surface area (Å²) in [4.78, 5) is 13.7. The lowest BCUT2D eigenvalue weighted by Gasteiger charge is -2.28. The molecule has 1 atom stereocenters. The number of fused-ring (bicyclic) bond motifs is 2. The van der Waals surface area contributed by atoms with Gasteiger partial charge in [-0.3, -0.25) is 9.48 Å². The van der Waals surface area contributed by atoms with Gasteiger partial charge in [0.2, 0.25) is 0 Å². The first-order chi connectivity index (χ1) is 16.6. The molecule has 0 aliphatic carbocycles. The molecular formula is C26H21N5O2S. The zero-order chi connectivity index (χ0) is 23.4. The van der Waals surface area contributed by atoms with Gasteiger partial charge in [0, 0.05) is 34.5 Å². The van der Waals surface area contributed by atoms with Gasteiger partial charge in [-0.05, 0) is 35.7 Å². The Labute approximate surface area is 199 Å². The minimum Gasteiger partial charge on any atom is -0.373 e. The number of nitrogens with one attached hydrogen (secondary N) is 1. The molecule has 0 spiro atoms. The van der Waals surface area contributed by atoms with E-state index in [-0.39, 0.29) is 11.7 Å². The molecule has 0 bridgehead atoms. The second-order valence-electron chi connectivity index (χ2n) is 8.43. The summed E-state index contributed by atoms with van der Waals surface area (Å²) in [5, 5.41) is 24.0. The minimum absolute atomic E-state index is 0.116. The van der Waals surface area contributed by atoms with Gasteiger partial charge in [-0.2, -0.15) is 15.5 Å². The van der Waals surface area contributed by atoms with Crippen molar-refractivity contribution in [3.8, 4) is 27.8 Å². The number of aromatic nitrogens is 4. The van der Waals surface area contributed by atoms with E-state index in [1.54, 1.807) is 11.3 Å². The van der Waals surface area contributed by atoms with Crippen LogP contribution in [0, 0.1) is 11.3 Å². The average Bonchev–Trinajstić information content (AvgIpc) is 3.37. The molecule has 168 valence electrons. The summed E-state index contributed by atoms with van der Waals surface area (Å²) in [6, 6.07) is 14.4. The fourth-order valence-corrected chi connectivity index (χ4v) is 6.02. The number of ether oxygens (including phenoxy) is 1. The molecule has 1 fully saturated rings. The lowest BCUT2D eigenvalue weighted by molar-refractivity contribution is -0.0518. The van der Waals surface area contributed by atoms with Gasteiger partial charge < -0.3 is 4.74 Å². The van der Waals surface area contributed by atoms with E-state index in [1.165, 1.54) is 0 Å². The third kappa shape index (κ3) is 3.01. The molecule has 1 saturated heterocycles. The lowest BCUT2D eigenvalue weighted by atomic mass is 9.91. The van der Waals surface area contributed by atoms with E-state index in [2.05, 4.69) is 21.4 Å². The van der Waals surface area contributed by atoms with Crippen LogP contribution in [-0.4, -0.2) is 26.6 Å². The van der Waals surface area contributed by atoms with Gasteiger partial charge in [-0.1, -0.05) is 25.1 Å². The zero-order valence-electron chi connectivity index (χ0n) is 18.8. The van der Waals surface area contributed by atoms with Crippen molar-refractivity contribution in [3.63, 3.8) is 0 Å². The highest BCUT2D eigenvalue weighted by Crippen LogP contribution is 2.44. The first-order valence-electron chi connectivity index (χ1n) is 11.2. The molecule has 0 unspecified atom stereocenters. The third-order valence-electron chi connectivity index (χ3n) is 6.55. The molecule has 5 aromatic rings. The van der Waals surface area contributed by atoms with Gasteiger partial charge in [-0.15, -0.1) is 11.3 Å². The van der Waals surface area contributed by atoms with Crippen molar-refractivity contribution < 1.29 is 4.74 Å². The quantitative estimate of drug-likeness (QED) is 0.397. The predicted molar refractivity (Wildman–Crippen MR) is 133 cm³/mol. The number of thiophene rings is 1. The molecule has 4 heterocycles. The number of benzene rings is 2. The maximum Gasteiger partial charge on any atom is 0.272 e. The molecule has 34 heavy (non-hydrogen) atoms. The first kappa shape index (κ1) is 20.8. The predicted octanol–water partition coefficient (Wildman–Crippen LogP) is 5.10. The number of rotatable bonds is 4. The summed E-state index contributed by atoms with van der Waals surface area (Å²) in [5.74, 6) is 0. The second kappa shape index (κ2) is 7.90. The summed E-state index contributed by atoms with van der Waals surface area (Å²) in [6.45, 7) is 2.71. The summed E-state index contributed by atoms with van der Waals surface area (Å²) in [7, 11) is 1.89. The van der Waals surface area contributed by atoms with Gasteiger partial charge in [0.05, 0.1) is 46.1 Å². The Kier molecular flexibility index (Phi) is 4.83. The fraction of sp³-hybridized carbons (Fsp3) is 0.231. The highest BCUT2D eigenvalue weighted by Gasteiger charge is 2.27. The Morgan fingerprint density at radius 1 is 1.29 bits per heavy atom. The number of hydrogen-bond acceptors (Lipinski definition) is 6. The maximum atomic E-state index is 12.8. The number of nitriles is 1. The standard InChI is InChI=1S/C26H21N5O2S/c1-3-20-16-10-14(11-17(21-8-9-33-21)23(16)26(32)30-29-20)19-13-28-31(2)24(19)25-18(12-27)15-6-4-5-7-22(15)34-25/h4-7,10-11,13,21H,3,8-9H2,1-2H3,(H,30,32)/t21-/m0/s1. The second-order valence-corrected chi connectivity index (χ2v) is 9.49. The topological polar surface area (TPSA) is 96.6 Å². The number of aryl methyl sites for hydroxylation is 2. The highest BCUT2D eigenvalue weighted by atomic mass is 32.1. The van der Waals surface area contributed by atoms with E-state index in [9.17, 15) is 10.1 Å². The van der Waals surface area contributed by atoms with E-state index >= 15 is 0 Å². The maximum absolute atomic E-state index is 12.8. The highest BCUT2D eigenvalue weighted by molar-refractivity contribution is 7.22.